The minimum atomic E-state index is -0.571. The van der Waals surface area contributed by atoms with Crippen LogP contribution in [0.2, 0.25) is 0 Å². The molecule has 0 saturated heterocycles. The molecule has 2 N–H and O–H groups in total. The molecule has 0 aliphatic rings. The van der Waals surface area contributed by atoms with Crippen LogP contribution in [-0.2, 0) is 9.59 Å². The minimum Gasteiger partial charge on any atom is -0.482 e. The van der Waals surface area contributed by atoms with E-state index >= 15 is 0 Å². The Labute approximate surface area is 150 Å². The number of nitriles is 2. The number of carbonyl (C=O) groups excluding carboxylic acids is 2. The summed E-state index contributed by atoms with van der Waals surface area (Å²) in [6.45, 7) is -0.349. The molecule has 0 bridgehead atoms. The highest BCUT2D eigenvalue weighted by atomic mass is 16.5. The first-order chi connectivity index (χ1) is 12.6. The molecule has 0 aromatic heterocycles. The van der Waals surface area contributed by atoms with E-state index in [1.807, 2.05) is 12.1 Å². The van der Waals surface area contributed by atoms with Gasteiger partial charge in [0, 0.05) is 6.08 Å². The average Bonchev–Trinajstić information content (AvgIpc) is 2.69. The standard InChI is InChI=1S/C19H14N4O3/c20-11-15-7-5-14(6-8-15)9-10-18(24)22-23-19(25)13-26-17-4-2-1-3-16(17)12-21/h1-10H,13H2,(H,22,24)(H,23,25)/b10-9+. The van der Waals surface area contributed by atoms with Crippen LogP contribution in [0.4, 0.5) is 0 Å². The lowest BCUT2D eigenvalue weighted by atomic mass is 10.1. The number of nitrogens with one attached hydrogen (secondary N) is 2. The molecule has 0 saturated carbocycles. The number of hydrogen-bond acceptors (Lipinski definition) is 5. The van der Waals surface area contributed by atoms with Gasteiger partial charge < -0.3 is 4.74 Å². The van der Waals surface area contributed by atoms with Gasteiger partial charge in [-0.05, 0) is 35.9 Å². The average molecular weight is 346 g/mol. The third-order valence-electron chi connectivity index (χ3n) is 3.16. The van der Waals surface area contributed by atoms with Crippen LogP contribution in [0.5, 0.6) is 5.75 Å². The third-order valence-corrected chi connectivity index (χ3v) is 3.16. The van der Waals surface area contributed by atoms with Crippen molar-refractivity contribution in [2.45, 2.75) is 0 Å². The second kappa shape index (κ2) is 9.26. The lowest BCUT2D eigenvalue weighted by Gasteiger charge is -2.08. The maximum absolute atomic E-state index is 11.7. The molecule has 2 amide bonds. The number of rotatable bonds is 5. The molecule has 0 aliphatic heterocycles. The first kappa shape index (κ1) is 18.2. The van der Waals surface area contributed by atoms with Crippen molar-refractivity contribution >= 4 is 17.9 Å². The minimum absolute atomic E-state index is 0.289. The van der Waals surface area contributed by atoms with E-state index < -0.39 is 11.8 Å². The molecule has 26 heavy (non-hydrogen) atoms. The van der Waals surface area contributed by atoms with Crippen LogP contribution in [0.15, 0.2) is 54.6 Å². The maximum atomic E-state index is 11.7. The van der Waals surface area contributed by atoms with Crippen LogP contribution >= 0.6 is 0 Å². The van der Waals surface area contributed by atoms with Crippen molar-refractivity contribution < 1.29 is 14.3 Å². The SMILES string of the molecule is N#Cc1ccc(/C=C/C(=O)NNC(=O)COc2ccccc2C#N)cc1. The summed E-state index contributed by atoms with van der Waals surface area (Å²) in [5.74, 6) is -0.810. The number of ether oxygens (including phenoxy) is 1. The third kappa shape index (κ3) is 5.52. The first-order valence-corrected chi connectivity index (χ1v) is 7.51. The van der Waals surface area contributed by atoms with E-state index in [0.29, 0.717) is 11.1 Å². The highest BCUT2D eigenvalue weighted by Gasteiger charge is 2.06. The summed E-state index contributed by atoms with van der Waals surface area (Å²) in [7, 11) is 0. The monoisotopic (exact) mass is 346 g/mol. The Morgan fingerprint density at radius 1 is 1.00 bits per heavy atom. The lowest BCUT2D eigenvalue weighted by molar-refractivity contribution is -0.128. The molecule has 0 atom stereocenters. The van der Waals surface area contributed by atoms with Gasteiger partial charge in [-0.2, -0.15) is 10.5 Å². The normalized spacial score (nSPS) is 9.77. The van der Waals surface area contributed by atoms with Gasteiger partial charge in [0.25, 0.3) is 11.8 Å². The van der Waals surface area contributed by atoms with Gasteiger partial charge in [-0.15, -0.1) is 0 Å². The fourth-order valence-electron chi connectivity index (χ4n) is 1.88. The summed E-state index contributed by atoms with van der Waals surface area (Å²) < 4.78 is 5.24. The summed E-state index contributed by atoms with van der Waals surface area (Å²) in [5.41, 5.74) is 6.00. The Balaban J connectivity index is 1.77. The molecule has 128 valence electrons. The largest absolute Gasteiger partial charge is 0.482 e. The molecule has 0 spiro atoms. The predicted octanol–water partition coefficient (Wildman–Crippen LogP) is 1.67. The number of hydrogen-bond donors (Lipinski definition) is 2. The van der Waals surface area contributed by atoms with Crippen molar-refractivity contribution in [1.82, 2.24) is 10.9 Å². The summed E-state index contributed by atoms with van der Waals surface area (Å²) in [6.07, 6.45) is 2.79. The highest BCUT2D eigenvalue weighted by Crippen LogP contribution is 2.16. The molecule has 0 radical (unpaired) electrons. The number of para-hydroxylation sites is 1. The zero-order valence-electron chi connectivity index (χ0n) is 13.6. The highest BCUT2D eigenvalue weighted by molar-refractivity contribution is 5.93. The molecule has 0 heterocycles. The molecule has 7 nitrogen and oxygen atoms in total. The molecule has 7 heteroatoms. The summed E-state index contributed by atoms with van der Waals surface area (Å²) in [6, 6.07) is 17.1. The van der Waals surface area contributed by atoms with Gasteiger partial charge in [-0.25, -0.2) is 0 Å². The second-order valence-electron chi connectivity index (χ2n) is 5.00. The molecular weight excluding hydrogens is 332 g/mol. The van der Waals surface area contributed by atoms with Gasteiger partial charge in [-0.1, -0.05) is 24.3 Å². The zero-order valence-corrected chi connectivity index (χ0v) is 13.6. The fraction of sp³-hybridized carbons (Fsp3) is 0.0526. The van der Waals surface area contributed by atoms with E-state index in [1.165, 1.54) is 6.08 Å². The number of nitrogens with zero attached hydrogens (tertiary/aromatic N) is 2. The summed E-state index contributed by atoms with van der Waals surface area (Å²) in [5, 5.41) is 17.6. The van der Waals surface area contributed by atoms with E-state index in [2.05, 4.69) is 10.9 Å². The molecule has 2 aromatic carbocycles. The van der Waals surface area contributed by atoms with Crippen LogP contribution in [0.3, 0.4) is 0 Å². The van der Waals surface area contributed by atoms with Crippen LogP contribution in [-0.4, -0.2) is 18.4 Å². The lowest BCUT2D eigenvalue weighted by Crippen LogP contribution is -2.43. The summed E-state index contributed by atoms with van der Waals surface area (Å²) in [4.78, 5) is 23.3. The fourth-order valence-corrected chi connectivity index (χ4v) is 1.88. The molecule has 2 aromatic rings. The molecule has 0 fully saturated rings. The van der Waals surface area contributed by atoms with Gasteiger partial charge in [0.15, 0.2) is 6.61 Å². The predicted molar refractivity (Wildman–Crippen MR) is 93.1 cm³/mol. The topological polar surface area (TPSA) is 115 Å². The molecule has 0 aliphatic carbocycles. The number of amides is 2. The quantitative estimate of drug-likeness (QED) is 0.631. The van der Waals surface area contributed by atoms with Gasteiger partial charge in [0.1, 0.15) is 11.8 Å². The molecular formula is C19H14N4O3. The Hall–Kier alpha value is -4.10. The Bertz CT molecular complexity index is 906. The van der Waals surface area contributed by atoms with Gasteiger partial charge in [-0.3, -0.25) is 20.4 Å². The maximum Gasteiger partial charge on any atom is 0.276 e. The van der Waals surface area contributed by atoms with Crippen LogP contribution in [0.25, 0.3) is 6.08 Å². The van der Waals surface area contributed by atoms with Crippen molar-refractivity contribution in [3.05, 3.63) is 71.3 Å². The van der Waals surface area contributed by atoms with Crippen LogP contribution in [0, 0.1) is 22.7 Å². The van der Waals surface area contributed by atoms with Crippen LogP contribution < -0.4 is 15.6 Å². The Kier molecular flexibility index (Phi) is 6.50. The van der Waals surface area contributed by atoms with Crippen molar-refractivity contribution in [3.63, 3.8) is 0 Å². The van der Waals surface area contributed by atoms with E-state index in [0.717, 1.165) is 5.56 Å². The van der Waals surface area contributed by atoms with Crippen molar-refractivity contribution in [3.8, 4) is 17.9 Å². The van der Waals surface area contributed by atoms with E-state index in [9.17, 15) is 9.59 Å². The van der Waals surface area contributed by atoms with Crippen LogP contribution in [0.1, 0.15) is 16.7 Å². The van der Waals surface area contributed by atoms with Crippen molar-refractivity contribution in [1.29, 1.82) is 10.5 Å². The van der Waals surface area contributed by atoms with Gasteiger partial charge in [0.05, 0.1) is 17.2 Å². The smallest absolute Gasteiger partial charge is 0.276 e. The molecule has 0 unspecified atom stereocenters. The number of carbonyl (C=O) groups is 2. The Morgan fingerprint density at radius 2 is 1.73 bits per heavy atom. The van der Waals surface area contributed by atoms with Crippen molar-refractivity contribution in [2.24, 2.45) is 0 Å². The van der Waals surface area contributed by atoms with Gasteiger partial charge >= 0.3 is 0 Å². The number of hydrazine groups is 1. The number of benzene rings is 2. The Morgan fingerprint density at radius 3 is 2.42 bits per heavy atom. The first-order valence-electron chi connectivity index (χ1n) is 7.51. The summed E-state index contributed by atoms with van der Waals surface area (Å²) >= 11 is 0. The van der Waals surface area contributed by atoms with Crippen molar-refractivity contribution in [2.75, 3.05) is 6.61 Å². The second-order valence-corrected chi connectivity index (χ2v) is 5.00. The van der Waals surface area contributed by atoms with E-state index in [1.54, 1.807) is 54.6 Å². The zero-order chi connectivity index (χ0) is 18.8. The molecule has 2 rings (SSSR count). The van der Waals surface area contributed by atoms with E-state index in [4.69, 9.17) is 15.3 Å². The van der Waals surface area contributed by atoms with Gasteiger partial charge in [0.2, 0.25) is 0 Å². The van der Waals surface area contributed by atoms with E-state index in [-0.39, 0.29) is 12.4 Å².